The lowest BCUT2D eigenvalue weighted by molar-refractivity contribution is -0.121. The molecule has 5 heteroatoms. The Bertz CT molecular complexity index is 741. The van der Waals surface area contributed by atoms with Gasteiger partial charge in [-0.15, -0.1) is 0 Å². The number of hydrogen-bond acceptors (Lipinski definition) is 3. The maximum absolute atomic E-state index is 12.3. The number of amides is 1. The number of aryl methyl sites for hydroxylation is 1. The molecule has 1 aliphatic rings. The largest absolute Gasteiger partial charge is 0.497 e. The van der Waals surface area contributed by atoms with Crippen LogP contribution in [0, 0.1) is 0 Å². The number of methoxy groups -OCH3 is 1. The van der Waals surface area contributed by atoms with Crippen molar-refractivity contribution in [2.45, 2.75) is 58.0 Å². The van der Waals surface area contributed by atoms with E-state index in [0.717, 1.165) is 42.2 Å². The summed E-state index contributed by atoms with van der Waals surface area (Å²) < 4.78 is 7.34. The van der Waals surface area contributed by atoms with E-state index < -0.39 is 0 Å². The van der Waals surface area contributed by atoms with Crippen molar-refractivity contribution < 1.29 is 9.53 Å². The van der Waals surface area contributed by atoms with Gasteiger partial charge in [0.1, 0.15) is 11.6 Å². The number of benzene rings is 1. The van der Waals surface area contributed by atoms with Crippen molar-refractivity contribution in [1.82, 2.24) is 14.9 Å². The Morgan fingerprint density at radius 3 is 2.68 bits per heavy atom. The van der Waals surface area contributed by atoms with Crippen molar-refractivity contribution in [3.05, 3.63) is 47.5 Å². The lowest BCUT2D eigenvalue weighted by atomic mass is 9.93. The highest BCUT2D eigenvalue weighted by molar-refractivity contribution is 5.78. The molecular formula is C20H27N3O2. The van der Waals surface area contributed by atoms with Crippen LogP contribution in [0.15, 0.2) is 30.5 Å². The number of nitrogens with zero attached hydrogens (tertiary/aromatic N) is 2. The molecule has 0 bridgehead atoms. The summed E-state index contributed by atoms with van der Waals surface area (Å²) in [7, 11) is 1.64. The summed E-state index contributed by atoms with van der Waals surface area (Å²) in [5.74, 6) is 2.00. The number of carbonyl (C=O) groups is 1. The van der Waals surface area contributed by atoms with E-state index in [-0.39, 0.29) is 17.4 Å². The number of nitrogens with one attached hydrogen (secondary N) is 1. The predicted molar refractivity (Wildman–Crippen MR) is 97.9 cm³/mol. The Balaban J connectivity index is 1.58. The zero-order valence-corrected chi connectivity index (χ0v) is 15.5. The molecular weight excluding hydrogens is 314 g/mol. The van der Waals surface area contributed by atoms with E-state index in [4.69, 9.17) is 9.72 Å². The van der Waals surface area contributed by atoms with Gasteiger partial charge in [-0.05, 0) is 24.1 Å². The molecule has 3 rings (SSSR count). The molecule has 25 heavy (non-hydrogen) atoms. The second kappa shape index (κ2) is 6.90. The van der Waals surface area contributed by atoms with E-state index in [1.54, 1.807) is 7.11 Å². The number of rotatable bonds is 4. The Kier molecular flexibility index (Phi) is 4.84. The fraction of sp³-hybridized carbons (Fsp3) is 0.500. The molecule has 0 saturated carbocycles. The smallest absolute Gasteiger partial charge is 0.224 e. The number of fused-ring (bicyclic) bond motifs is 1. The maximum Gasteiger partial charge on any atom is 0.224 e. The van der Waals surface area contributed by atoms with Crippen LogP contribution >= 0.6 is 0 Å². The molecule has 1 aliphatic heterocycles. The lowest BCUT2D eigenvalue weighted by Crippen LogP contribution is -2.41. The molecule has 5 nitrogen and oxygen atoms in total. The third kappa shape index (κ3) is 4.21. The summed E-state index contributed by atoms with van der Waals surface area (Å²) in [6, 6.07) is 7.80. The zero-order valence-electron chi connectivity index (χ0n) is 15.5. The van der Waals surface area contributed by atoms with Crippen LogP contribution in [0.4, 0.5) is 0 Å². The fourth-order valence-electron chi connectivity index (χ4n) is 3.13. The van der Waals surface area contributed by atoms with Gasteiger partial charge in [0.25, 0.3) is 0 Å². The van der Waals surface area contributed by atoms with Crippen LogP contribution in [0.1, 0.15) is 44.3 Å². The second-order valence-electron chi connectivity index (χ2n) is 7.77. The van der Waals surface area contributed by atoms with Crippen molar-refractivity contribution in [3.8, 4) is 5.75 Å². The molecule has 1 amide bonds. The molecule has 0 fully saturated rings. The van der Waals surface area contributed by atoms with Gasteiger partial charge in [-0.3, -0.25) is 4.79 Å². The van der Waals surface area contributed by atoms with E-state index in [9.17, 15) is 4.79 Å². The standard InChI is InChI=1S/C20H27N3O2/c1-20(2,3)17-13-23-12-15(7-10-18(23)22-17)21-19(24)11-14-5-8-16(25-4)9-6-14/h5-6,8-9,13,15H,7,10-12H2,1-4H3,(H,21,24)/t15-/m1/s1. The van der Waals surface area contributed by atoms with Gasteiger partial charge in [0.15, 0.2) is 0 Å². The van der Waals surface area contributed by atoms with E-state index in [1.807, 2.05) is 24.3 Å². The predicted octanol–water partition coefficient (Wildman–Crippen LogP) is 2.86. The van der Waals surface area contributed by atoms with Crippen LogP contribution in [0.25, 0.3) is 0 Å². The molecule has 0 spiro atoms. The van der Waals surface area contributed by atoms with Gasteiger partial charge in [-0.2, -0.15) is 0 Å². The minimum Gasteiger partial charge on any atom is -0.497 e. The van der Waals surface area contributed by atoms with Crippen LogP contribution < -0.4 is 10.1 Å². The van der Waals surface area contributed by atoms with Crippen molar-refractivity contribution >= 4 is 5.91 Å². The van der Waals surface area contributed by atoms with Crippen LogP contribution in [0.3, 0.4) is 0 Å². The second-order valence-corrected chi connectivity index (χ2v) is 7.77. The summed E-state index contributed by atoms with van der Waals surface area (Å²) in [5.41, 5.74) is 2.16. The first-order valence-corrected chi connectivity index (χ1v) is 8.84. The van der Waals surface area contributed by atoms with Crippen LogP contribution in [-0.4, -0.2) is 28.6 Å². The van der Waals surface area contributed by atoms with Gasteiger partial charge in [0.2, 0.25) is 5.91 Å². The minimum absolute atomic E-state index is 0.0530. The lowest BCUT2D eigenvalue weighted by Gasteiger charge is -2.24. The zero-order chi connectivity index (χ0) is 18.0. The average Bonchev–Trinajstić information content (AvgIpc) is 2.99. The number of ether oxygens (including phenoxy) is 1. The van der Waals surface area contributed by atoms with E-state index in [1.165, 1.54) is 0 Å². The van der Waals surface area contributed by atoms with Gasteiger partial charge in [-0.1, -0.05) is 32.9 Å². The first kappa shape index (κ1) is 17.5. The van der Waals surface area contributed by atoms with Gasteiger partial charge in [-0.25, -0.2) is 4.98 Å². The number of aromatic nitrogens is 2. The first-order chi connectivity index (χ1) is 11.8. The molecule has 0 aliphatic carbocycles. The summed E-state index contributed by atoms with van der Waals surface area (Å²) in [5, 5.41) is 3.17. The quantitative estimate of drug-likeness (QED) is 0.930. The van der Waals surface area contributed by atoms with Crippen molar-refractivity contribution in [3.63, 3.8) is 0 Å². The van der Waals surface area contributed by atoms with E-state index in [2.05, 4.69) is 36.9 Å². The molecule has 134 valence electrons. The van der Waals surface area contributed by atoms with Gasteiger partial charge in [0, 0.05) is 30.6 Å². The highest BCUT2D eigenvalue weighted by Crippen LogP contribution is 2.24. The Morgan fingerprint density at radius 1 is 1.32 bits per heavy atom. The third-order valence-electron chi connectivity index (χ3n) is 4.65. The third-order valence-corrected chi connectivity index (χ3v) is 4.65. The van der Waals surface area contributed by atoms with Crippen molar-refractivity contribution in [2.75, 3.05) is 7.11 Å². The molecule has 1 N–H and O–H groups in total. The van der Waals surface area contributed by atoms with Crippen LogP contribution in [-0.2, 0) is 29.6 Å². The molecule has 2 aromatic rings. The van der Waals surface area contributed by atoms with Gasteiger partial charge < -0.3 is 14.6 Å². The number of hydrogen-bond donors (Lipinski definition) is 1. The first-order valence-electron chi connectivity index (χ1n) is 8.84. The average molecular weight is 341 g/mol. The maximum atomic E-state index is 12.3. The molecule has 0 radical (unpaired) electrons. The Hall–Kier alpha value is -2.30. The van der Waals surface area contributed by atoms with E-state index in [0.29, 0.717) is 6.42 Å². The van der Waals surface area contributed by atoms with Gasteiger partial charge in [0.05, 0.1) is 19.2 Å². The molecule has 1 aromatic heterocycles. The molecule has 1 aromatic carbocycles. The highest BCUT2D eigenvalue weighted by atomic mass is 16.5. The SMILES string of the molecule is COc1ccc(CC(=O)N[C@@H]2CCc3nc(C(C)(C)C)cn3C2)cc1. The fourth-order valence-corrected chi connectivity index (χ4v) is 3.13. The van der Waals surface area contributed by atoms with Crippen molar-refractivity contribution in [2.24, 2.45) is 0 Å². The summed E-state index contributed by atoms with van der Waals surface area (Å²) >= 11 is 0. The summed E-state index contributed by atoms with van der Waals surface area (Å²) in [4.78, 5) is 17.1. The summed E-state index contributed by atoms with van der Waals surface area (Å²) in [6.45, 7) is 7.33. The molecule has 1 atom stereocenters. The normalized spacial score (nSPS) is 17.0. The Labute approximate surface area is 149 Å². The Morgan fingerprint density at radius 2 is 2.04 bits per heavy atom. The molecule has 0 saturated heterocycles. The number of carbonyl (C=O) groups excluding carboxylic acids is 1. The van der Waals surface area contributed by atoms with Gasteiger partial charge >= 0.3 is 0 Å². The molecule has 2 heterocycles. The van der Waals surface area contributed by atoms with Crippen LogP contribution in [0.2, 0.25) is 0 Å². The summed E-state index contributed by atoms with van der Waals surface area (Å²) in [6.07, 6.45) is 4.38. The van der Waals surface area contributed by atoms with Crippen molar-refractivity contribution in [1.29, 1.82) is 0 Å². The number of imidazole rings is 1. The van der Waals surface area contributed by atoms with E-state index >= 15 is 0 Å². The highest BCUT2D eigenvalue weighted by Gasteiger charge is 2.25. The topological polar surface area (TPSA) is 56.1 Å². The monoisotopic (exact) mass is 341 g/mol. The van der Waals surface area contributed by atoms with Crippen LogP contribution in [0.5, 0.6) is 5.75 Å². The minimum atomic E-state index is 0.0530. The molecule has 0 unspecified atom stereocenters.